The predicted octanol–water partition coefficient (Wildman–Crippen LogP) is 4.45. The van der Waals surface area contributed by atoms with Crippen molar-refractivity contribution in [3.8, 4) is 0 Å². The number of fused-ring (bicyclic) bond motifs is 2. The van der Waals surface area contributed by atoms with Gasteiger partial charge < -0.3 is 9.32 Å². The molecule has 3 nitrogen and oxygen atoms in total. The van der Waals surface area contributed by atoms with Crippen LogP contribution in [0.4, 0.5) is 5.69 Å². The molecule has 1 fully saturated rings. The van der Waals surface area contributed by atoms with E-state index in [1.54, 1.807) is 18.2 Å². The maximum atomic E-state index is 12.6. The molecule has 1 unspecified atom stereocenters. The summed E-state index contributed by atoms with van der Waals surface area (Å²) in [6.45, 7) is 4.35. The first-order valence-corrected chi connectivity index (χ1v) is 7.91. The number of anilines is 1. The molecule has 0 amide bonds. The molecule has 4 rings (SSSR count). The lowest BCUT2D eigenvalue weighted by molar-refractivity contribution is 0.656. The maximum absolute atomic E-state index is 12.6. The highest BCUT2D eigenvalue weighted by Crippen LogP contribution is 2.29. The van der Waals surface area contributed by atoms with Crippen molar-refractivity contribution in [3.05, 3.63) is 51.6 Å². The fraction of sp³-hybridized carbons (Fsp3) is 0.278. The largest absolute Gasteiger partial charge is 0.454 e. The Hall–Kier alpha value is -2.00. The van der Waals surface area contributed by atoms with Crippen LogP contribution in [0, 0.1) is 5.92 Å². The first-order chi connectivity index (χ1) is 10.6. The van der Waals surface area contributed by atoms with E-state index in [0.717, 1.165) is 18.8 Å². The van der Waals surface area contributed by atoms with Crippen molar-refractivity contribution in [2.45, 2.75) is 13.3 Å². The van der Waals surface area contributed by atoms with Crippen LogP contribution in [0.5, 0.6) is 0 Å². The van der Waals surface area contributed by atoms with Gasteiger partial charge in [0.1, 0.15) is 5.58 Å². The smallest absolute Gasteiger partial charge is 0.200 e. The Kier molecular flexibility index (Phi) is 3.12. The number of halogens is 1. The normalized spacial score (nSPS) is 18.5. The molecule has 2 aromatic carbocycles. The van der Waals surface area contributed by atoms with Gasteiger partial charge in [0.15, 0.2) is 5.58 Å². The monoisotopic (exact) mass is 313 g/mol. The molecule has 3 aromatic rings. The SMILES string of the molecule is CC1CCN(c2ccc3c(=O)c4cccc(Cl)c4oc3c2)C1. The molecular weight excluding hydrogens is 298 g/mol. The van der Waals surface area contributed by atoms with Crippen LogP contribution in [0.1, 0.15) is 13.3 Å². The Morgan fingerprint density at radius 3 is 2.86 bits per heavy atom. The van der Waals surface area contributed by atoms with Gasteiger partial charge in [-0.2, -0.15) is 0 Å². The Labute approximate surface area is 133 Å². The Bertz CT molecular complexity index is 931. The van der Waals surface area contributed by atoms with Gasteiger partial charge in [-0.15, -0.1) is 0 Å². The number of hydrogen-bond donors (Lipinski definition) is 0. The van der Waals surface area contributed by atoms with Gasteiger partial charge in [-0.1, -0.05) is 24.6 Å². The summed E-state index contributed by atoms with van der Waals surface area (Å²) in [5.41, 5.74) is 2.14. The standard InChI is InChI=1S/C18H16ClNO2/c1-11-7-8-20(10-11)12-5-6-13-16(9-12)22-18-14(17(13)21)3-2-4-15(18)19/h2-6,9,11H,7-8,10H2,1H3. The minimum atomic E-state index is -0.0277. The van der Waals surface area contributed by atoms with E-state index in [9.17, 15) is 4.79 Å². The molecule has 2 heterocycles. The van der Waals surface area contributed by atoms with Crippen LogP contribution in [0.3, 0.4) is 0 Å². The van der Waals surface area contributed by atoms with Crippen LogP contribution in [-0.4, -0.2) is 13.1 Å². The van der Waals surface area contributed by atoms with Crippen molar-refractivity contribution in [3.63, 3.8) is 0 Å². The van der Waals surface area contributed by atoms with Crippen molar-refractivity contribution >= 4 is 39.2 Å². The van der Waals surface area contributed by atoms with Gasteiger partial charge in [-0.25, -0.2) is 0 Å². The van der Waals surface area contributed by atoms with E-state index in [2.05, 4.69) is 11.8 Å². The van der Waals surface area contributed by atoms with Crippen LogP contribution in [0.25, 0.3) is 21.9 Å². The third kappa shape index (κ3) is 2.08. The summed E-state index contributed by atoms with van der Waals surface area (Å²) in [6.07, 6.45) is 1.20. The minimum Gasteiger partial charge on any atom is -0.454 e. The van der Waals surface area contributed by atoms with E-state index in [4.69, 9.17) is 16.0 Å². The summed E-state index contributed by atoms with van der Waals surface area (Å²) in [4.78, 5) is 14.9. The summed E-state index contributed by atoms with van der Waals surface area (Å²) in [5, 5.41) is 1.60. The van der Waals surface area contributed by atoms with Gasteiger partial charge >= 0.3 is 0 Å². The van der Waals surface area contributed by atoms with Gasteiger partial charge in [-0.3, -0.25) is 4.79 Å². The highest BCUT2D eigenvalue weighted by molar-refractivity contribution is 6.34. The zero-order valence-electron chi connectivity index (χ0n) is 12.3. The second-order valence-electron chi connectivity index (χ2n) is 6.07. The van der Waals surface area contributed by atoms with Gasteiger partial charge in [0, 0.05) is 24.8 Å². The second-order valence-corrected chi connectivity index (χ2v) is 6.48. The van der Waals surface area contributed by atoms with Gasteiger partial charge in [0.2, 0.25) is 5.43 Å². The molecular formula is C18H16ClNO2. The summed E-state index contributed by atoms with van der Waals surface area (Å²) in [5.74, 6) is 0.703. The number of rotatable bonds is 1. The number of hydrogen-bond acceptors (Lipinski definition) is 3. The van der Waals surface area contributed by atoms with Gasteiger partial charge in [-0.05, 0) is 36.6 Å². The van der Waals surface area contributed by atoms with E-state index in [0.29, 0.717) is 32.9 Å². The zero-order valence-corrected chi connectivity index (χ0v) is 13.1. The summed E-state index contributed by atoms with van der Waals surface area (Å²) in [7, 11) is 0. The highest BCUT2D eigenvalue weighted by Gasteiger charge is 2.20. The molecule has 1 aliphatic heterocycles. The van der Waals surface area contributed by atoms with Crippen molar-refractivity contribution in [2.75, 3.05) is 18.0 Å². The molecule has 1 aliphatic rings. The molecule has 0 radical (unpaired) electrons. The van der Waals surface area contributed by atoms with E-state index in [-0.39, 0.29) is 5.43 Å². The molecule has 4 heteroatoms. The van der Waals surface area contributed by atoms with Crippen molar-refractivity contribution < 1.29 is 4.42 Å². The topological polar surface area (TPSA) is 33.5 Å². The van der Waals surface area contributed by atoms with Crippen LogP contribution in [0.15, 0.2) is 45.6 Å². The first kappa shape index (κ1) is 13.6. The van der Waals surface area contributed by atoms with Crippen LogP contribution in [0.2, 0.25) is 5.02 Å². The Balaban J connectivity index is 1.94. The highest BCUT2D eigenvalue weighted by atomic mass is 35.5. The lowest BCUT2D eigenvalue weighted by Crippen LogP contribution is -2.19. The Morgan fingerprint density at radius 2 is 2.09 bits per heavy atom. The van der Waals surface area contributed by atoms with E-state index >= 15 is 0 Å². The molecule has 0 bridgehead atoms. The average molecular weight is 314 g/mol. The summed E-state index contributed by atoms with van der Waals surface area (Å²) in [6, 6.07) is 11.1. The molecule has 1 atom stereocenters. The number of para-hydroxylation sites is 1. The molecule has 1 saturated heterocycles. The fourth-order valence-corrected chi connectivity index (χ4v) is 3.41. The van der Waals surface area contributed by atoms with Crippen molar-refractivity contribution in [1.29, 1.82) is 0 Å². The quantitative estimate of drug-likeness (QED) is 0.622. The molecule has 0 N–H and O–H groups in total. The third-order valence-electron chi connectivity index (χ3n) is 4.42. The molecule has 1 aromatic heterocycles. The van der Waals surface area contributed by atoms with Crippen molar-refractivity contribution in [2.24, 2.45) is 5.92 Å². The van der Waals surface area contributed by atoms with Crippen LogP contribution >= 0.6 is 11.6 Å². The molecule has 0 spiro atoms. The number of benzene rings is 2. The molecule has 112 valence electrons. The summed E-state index contributed by atoms with van der Waals surface area (Å²) >= 11 is 6.17. The number of nitrogens with zero attached hydrogens (tertiary/aromatic N) is 1. The fourth-order valence-electron chi connectivity index (χ4n) is 3.20. The van der Waals surface area contributed by atoms with Crippen LogP contribution in [-0.2, 0) is 0 Å². The van der Waals surface area contributed by atoms with E-state index in [1.165, 1.54) is 6.42 Å². The lowest BCUT2D eigenvalue weighted by Gasteiger charge is -2.18. The van der Waals surface area contributed by atoms with E-state index in [1.807, 2.05) is 18.2 Å². The minimum absolute atomic E-state index is 0.0277. The average Bonchev–Trinajstić information content (AvgIpc) is 2.95. The molecule has 0 saturated carbocycles. The Morgan fingerprint density at radius 1 is 1.23 bits per heavy atom. The lowest BCUT2D eigenvalue weighted by atomic mass is 10.1. The van der Waals surface area contributed by atoms with E-state index < -0.39 is 0 Å². The zero-order chi connectivity index (χ0) is 15.3. The second kappa shape index (κ2) is 5.03. The molecule has 22 heavy (non-hydrogen) atoms. The molecule has 0 aliphatic carbocycles. The first-order valence-electron chi connectivity index (χ1n) is 7.53. The van der Waals surface area contributed by atoms with Gasteiger partial charge in [0.05, 0.1) is 15.8 Å². The van der Waals surface area contributed by atoms with Gasteiger partial charge in [0.25, 0.3) is 0 Å². The predicted molar refractivity (Wildman–Crippen MR) is 91.0 cm³/mol. The summed E-state index contributed by atoms with van der Waals surface area (Å²) < 4.78 is 5.93. The maximum Gasteiger partial charge on any atom is 0.200 e. The van der Waals surface area contributed by atoms with Crippen molar-refractivity contribution in [1.82, 2.24) is 0 Å². The third-order valence-corrected chi connectivity index (χ3v) is 4.72. The van der Waals surface area contributed by atoms with Crippen LogP contribution < -0.4 is 10.3 Å².